The number of hydrogen-bond acceptors (Lipinski definition) is 15. The summed E-state index contributed by atoms with van der Waals surface area (Å²) >= 11 is 0. The Morgan fingerprint density at radius 2 is 0.460 bits per heavy atom. The number of carbonyl (C=O) groups is 4. The van der Waals surface area contributed by atoms with Crippen molar-refractivity contribution in [2.75, 3.05) is 39.6 Å². The van der Waals surface area contributed by atoms with Crippen molar-refractivity contribution in [3.63, 3.8) is 0 Å². The molecule has 17 nitrogen and oxygen atoms in total. The fourth-order valence-electron chi connectivity index (χ4n) is 12.5. The third-order valence-corrected chi connectivity index (χ3v) is 20.9. The monoisotopic (exact) mass is 1470 g/mol. The molecule has 0 aliphatic heterocycles. The van der Waals surface area contributed by atoms with Crippen LogP contribution in [-0.2, 0) is 65.4 Å². The largest absolute Gasteiger partial charge is 0.472 e. The van der Waals surface area contributed by atoms with Crippen molar-refractivity contribution in [1.29, 1.82) is 0 Å². The first-order chi connectivity index (χ1) is 48.4. The van der Waals surface area contributed by atoms with Crippen molar-refractivity contribution in [3.8, 4) is 0 Å². The number of phosphoric acid groups is 2. The van der Waals surface area contributed by atoms with Gasteiger partial charge in [-0.05, 0) is 37.5 Å². The molecule has 0 aromatic heterocycles. The van der Waals surface area contributed by atoms with E-state index in [1.54, 1.807) is 0 Å². The maximum absolute atomic E-state index is 13.1. The molecule has 5 atom stereocenters. The predicted molar refractivity (Wildman–Crippen MR) is 409 cm³/mol. The molecule has 19 heteroatoms. The van der Waals surface area contributed by atoms with Crippen LogP contribution in [-0.4, -0.2) is 96.7 Å². The van der Waals surface area contributed by atoms with E-state index in [1.807, 2.05) is 0 Å². The van der Waals surface area contributed by atoms with Crippen molar-refractivity contribution in [1.82, 2.24) is 0 Å². The molecule has 0 aliphatic rings. The molecule has 2 unspecified atom stereocenters. The van der Waals surface area contributed by atoms with Crippen molar-refractivity contribution >= 4 is 39.5 Å². The Balaban J connectivity index is 5.21. The third-order valence-electron chi connectivity index (χ3n) is 19.0. The number of unbranched alkanes of at least 4 members (excludes halogenated alkanes) is 50. The van der Waals surface area contributed by atoms with Gasteiger partial charge in [0.25, 0.3) is 0 Å². The zero-order valence-electron chi connectivity index (χ0n) is 65.5. The van der Waals surface area contributed by atoms with Gasteiger partial charge in [0.1, 0.15) is 19.3 Å². The van der Waals surface area contributed by atoms with Gasteiger partial charge in [0.15, 0.2) is 12.2 Å². The highest BCUT2D eigenvalue weighted by Gasteiger charge is 2.30. The number of phosphoric ester groups is 2. The standard InChI is InChI=1S/C81H158O17P2/c1-7-9-11-13-15-17-19-21-23-24-25-26-27-28-29-30-32-34-40-47-53-59-65-80(85)97-76(69-91-78(83)63-57-51-45-39-33-31-22-20-18-16-14-12-10-8-2)71-95-99(87,88)93-67-75(82)68-94-100(89,90)96-72-77(98-81(86)66-60-54-48-42-36-38-44-50-56-62-74(5)6)70-92-79(84)64-58-52-46-41-35-37-43-49-55-61-73(3)4/h73-77,82H,7-72H2,1-6H3,(H,87,88)(H,89,90)/t75-,76-,77-/m1/s1. The second-order valence-corrected chi connectivity index (χ2v) is 33.0. The Kier molecular flexibility index (Phi) is 71.2. The van der Waals surface area contributed by atoms with Gasteiger partial charge in [-0.1, -0.05) is 375 Å². The van der Waals surface area contributed by atoms with Crippen LogP contribution in [0, 0.1) is 11.8 Å². The van der Waals surface area contributed by atoms with Crippen molar-refractivity contribution in [2.45, 2.75) is 445 Å². The van der Waals surface area contributed by atoms with Crippen molar-refractivity contribution in [3.05, 3.63) is 0 Å². The first kappa shape index (κ1) is 98.1. The number of carbonyl (C=O) groups excluding carboxylic acids is 4. The van der Waals surface area contributed by atoms with Crippen LogP contribution in [0.5, 0.6) is 0 Å². The second-order valence-electron chi connectivity index (χ2n) is 30.1. The normalized spacial score (nSPS) is 13.9. The van der Waals surface area contributed by atoms with Gasteiger partial charge in [0.2, 0.25) is 0 Å². The SMILES string of the molecule is CCCCCCCCCCCCCCCCCCCCCCCCC(=O)O[C@H](COC(=O)CCCCCCCCCCCCCCCC)COP(=O)(O)OC[C@@H](O)COP(=O)(O)OC[C@@H](COC(=O)CCCCCCCCCCCC(C)C)OC(=O)CCCCCCCCCCCC(C)C. The lowest BCUT2D eigenvalue weighted by Crippen LogP contribution is -2.30. The molecule has 594 valence electrons. The maximum atomic E-state index is 13.1. The Bertz CT molecular complexity index is 1920. The van der Waals surface area contributed by atoms with Crippen LogP contribution < -0.4 is 0 Å². The first-order valence-electron chi connectivity index (χ1n) is 42.0. The van der Waals surface area contributed by atoms with Gasteiger partial charge in [-0.15, -0.1) is 0 Å². The Hall–Kier alpha value is -1.94. The number of hydrogen-bond donors (Lipinski definition) is 3. The average molecular weight is 1470 g/mol. The molecule has 0 fully saturated rings. The molecule has 0 bridgehead atoms. The van der Waals surface area contributed by atoms with Crippen molar-refractivity contribution in [2.24, 2.45) is 11.8 Å². The molecule has 0 aliphatic carbocycles. The summed E-state index contributed by atoms with van der Waals surface area (Å²) in [6, 6.07) is 0. The average Bonchev–Trinajstić information content (AvgIpc) is 0.927. The van der Waals surface area contributed by atoms with E-state index in [0.717, 1.165) is 102 Å². The number of aliphatic hydroxyl groups is 1. The number of rotatable bonds is 80. The minimum Gasteiger partial charge on any atom is -0.462 e. The van der Waals surface area contributed by atoms with E-state index >= 15 is 0 Å². The van der Waals surface area contributed by atoms with Crippen molar-refractivity contribution < 1.29 is 80.2 Å². The van der Waals surface area contributed by atoms with Gasteiger partial charge >= 0.3 is 39.5 Å². The van der Waals surface area contributed by atoms with Crippen LogP contribution in [0.4, 0.5) is 0 Å². The maximum Gasteiger partial charge on any atom is 0.472 e. The molecule has 0 radical (unpaired) electrons. The lowest BCUT2D eigenvalue weighted by atomic mass is 10.0. The van der Waals surface area contributed by atoms with Crippen LogP contribution in [0.15, 0.2) is 0 Å². The van der Waals surface area contributed by atoms with Gasteiger partial charge in [-0.3, -0.25) is 37.3 Å². The minimum absolute atomic E-state index is 0.105. The highest BCUT2D eigenvalue weighted by Crippen LogP contribution is 2.45. The topological polar surface area (TPSA) is 237 Å². The third kappa shape index (κ3) is 74.3. The molecule has 0 aromatic carbocycles. The fourth-order valence-corrected chi connectivity index (χ4v) is 14.1. The zero-order chi connectivity index (χ0) is 73.5. The molecule has 3 N–H and O–H groups in total. The highest BCUT2D eigenvalue weighted by molar-refractivity contribution is 7.47. The molecular formula is C81H158O17P2. The Morgan fingerprint density at radius 3 is 0.680 bits per heavy atom. The molecule has 0 saturated heterocycles. The summed E-state index contributed by atoms with van der Waals surface area (Å²) in [5, 5.41) is 10.6. The highest BCUT2D eigenvalue weighted by atomic mass is 31.2. The van der Waals surface area contributed by atoms with Crippen LogP contribution in [0.2, 0.25) is 0 Å². The molecule has 0 heterocycles. The molecule has 0 amide bonds. The van der Waals surface area contributed by atoms with E-state index in [9.17, 15) is 43.2 Å². The summed E-state index contributed by atoms with van der Waals surface area (Å²) in [4.78, 5) is 73.0. The molecule has 0 aromatic rings. The minimum atomic E-state index is -4.96. The summed E-state index contributed by atoms with van der Waals surface area (Å²) in [5.41, 5.74) is 0. The van der Waals surface area contributed by atoms with Crippen LogP contribution in [0.3, 0.4) is 0 Å². The van der Waals surface area contributed by atoms with E-state index in [2.05, 4.69) is 41.5 Å². The summed E-state index contributed by atoms with van der Waals surface area (Å²) in [6.45, 7) is 9.59. The summed E-state index contributed by atoms with van der Waals surface area (Å²) in [5.74, 6) is -0.630. The smallest absolute Gasteiger partial charge is 0.462 e. The van der Waals surface area contributed by atoms with Crippen LogP contribution >= 0.6 is 15.6 Å². The second kappa shape index (κ2) is 72.6. The zero-order valence-corrected chi connectivity index (χ0v) is 67.3. The summed E-state index contributed by atoms with van der Waals surface area (Å²) in [6.07, 6.45) is 62.6. The van der Waals surface area contributed by atoms with Crippen LogP contribution in [0.25, 0.3) is 0 Å². The van der Waals surface area contributed by atoms with Gasteiger partial charge in [-0.2, -0.15) is 0 Å². The van der Waals surface area contributed by atoms with E-state index < -0.39 is 97.5 Å². The number of aliphatic hydroxyl groups excluding tert-OH is 1. The van der Waals surface area contributed by atoms with E-state index in [0.29, 0.717) is 25.7 Å². The van der Waals surface area contributed by atoms with Gasteiger partial charge in [-0.25, -0.2) is 9.13 Å². The fraction of sp³-hybridized carbons (Fsp3) is 0.951. The predicted octanol–water partition coefficient (Wildman–Crippen LogP) is 24.3. The summed E-state index contributed by atoms with van der Waals surface area (Å²) in [7, 11) is -9.92. The van der Waals surface area contributed by atoms with Crippen LogP contribution in [0.1, 0.15) is 427 Å². The Morgan fingerprint density at radius 1 is 0.270 bits per heavy atom. The van der Waals surface area contributed by atoms with E-state index in [4.69, 9.17) is 37.0 Å². The van der Waals surface area contributed by atoms with Gasteiger partial charge in [0, 0.05) is 25.7 Å². The molecular weight excluding hydrogens is 1310 g/mol. The Labute approximate surface area is 613 Å². The first-order valence-corrected chi connectivity index (χ1v) is 45.0. The van der Waals surface area contributed by atoms with E-state index in [-0.39, 0.29) is 25.7 Å². The lowest BCUT2D eigenvalue weighted by molar-refractivity contribution is -0.161. The van der Waals surface area contributed by atoms with E-state index in [1.165, 1.54) is 244 Å². The summed E-state index contributed by atoms with van der Waals surface area (Å²) < 4.78 is 68.7. The van der Waals surface area contributed by atoms with Gasteiger partial charge in [0.05, 0.1) is 26.4 Å². The molecule has 100 heavy (non-hydrogen) atoms. The lowest BCUT2D eigenvalue weighted by Gasteiger charge is -2.21. The van der Waals surface area contributed by atoms with Gasteiger partial charge < -0.3 is 33.8 Å². The number of esters is 4. The molecule has 0 rings (SSSR count). The molecule has 0 saturated carbocycles. The number of ether oxygens (including phenoxy) is 4. The quantitative estimate of drug-likeness (QED) is 0.0222. The molecule has 0 spiro atoms.